The Morgan fingerprint density at radius 1 is 1.08 bits per heavy atom. The number of benzene rings is 2. The van der Waals surface area contributed by atoms with Crippen LogP contribution < -0.4 is 0 Å². The number of carboxylic acid groups (broad SMARTS) is 1. The molecule has 120 valence electrons. The van der Waals surface area contributed by atoms with Crippen molar-refractivity contribution in [3.63, 3.8) is 0 Å². The highest BCUT2D eigenvalue weighted by Gasteiger charge is 2.17. The molecule has 0 radical (unpaired) electrons. The average molecular weight is 360 g/mol. The maximum atomic E-state index is 11.6. The number of carbonyl (C=O) groups is 1. The molecule has 0 aliphatic carbocycles. The van der Waals surface area contributed by atoms with Crippen molar-refractivity contribution < 1.29 is 9.90 Å². The molecule has 1 heterocycles. The number of carboxylic acids is 1. The SMILES string of the molecule is O=C(O)c1ccccc1/C(=C/n1cncn1)c1ccc(Cl)cc1Cl. The highest BCUT2D eigenvalue weighted by molar-refractivity contribution is 6.36. The van der Waals surface area contributed by atoms with Crippen molar-refractivity contribution in [2.24, 2.45) is 0 Å². The van der Waals surface area contributed by atoms with Gasteiger partial charge < -0.3 is 5.11 Å². The van der Waals surface area contributed by atoms with Crippen molar-refractivity contribution in [3.05, 3.63) is 81.9 Å². The number of nitrogens with zero attached hydrogens (tertiary/aromatic N) is 3. The van der Waals surface area contributed by atoms with Gasteiger partial charge in [0.1, 0.15) is 12.7 Å². The summed E-state index contributed by atoms with van der Waals surface area (Å²) >= 11 is 12.3. The molecule has 0 saturated carbocycles. The van der Waals surface area contributed by atoms with Crippen LogP contribution in [0.25, 0.3) is 11.8 Å². The van der Waals surface area contributed by atoms with E-state index in [0.29, 0.717) is 26.7 Å². The highest BCUT2D eigenvalue weighted by atomic mass is 35.5. The first-order chi connectivity index (χ1) is 11.6. The van der Waals surface area contributed by atoms with Crippen LogP contribution in [0.3, 0.4) is 0 Å². The monoisotopic (exact) mass is 359 g/mol. The topological polar surface area (TPSA) is 68.0 Å². The van der Waals surface area contributed by atoms with E-state index in [9.17, 15) is 9.90 Å². The Labute approximate surface area is 147 Å². The van der Waals surface area contributed by atoms with Crippen LogP contribution in [-0.4, -0.2) is 25.8 Å². The summed E-state index contributed by atoms with van der Waals surface area (Å²) in [6.07, 6.45) is 4.57. The minimum Gasteiger partial charge on any atom is -0.478 e. The average Bonchev–Trinajstić information content (AvgIpc) is 3.06. The first-order valence-corrected chi connectivity index (χ1v) is 7.66. The second-order valence-electron chi connectivity index (χ2n) is 4.89. The second-order valence-corrected chi connectivity index (χ2v) is 5.74. The normalized spacial score (nSPS) is 11.5. The number of hydrogen-bond acceptors (Lipinski definition) is 3. The Bertz CT molecular complexity index is 921. The van der Waals surface area contributed by atoms with Gasteiger partial charge in [-0.2, -0.15) is 5.10 Å². The lowest BCUT2D eigenvalue weighted by Gasteiger charge is -2.13. The molecule has 0 saturated heterocycles. The summed E-state index contributed by atoms with van der Waals surface area (Å²) in [6.45, 7) is 0. The summed E-state index contributed by atoms with van der Waals surface area (Å²) in [7, 11) is 0. The van der Waals surface area contributed by atoms with Crippen LogP contribution in [0.15, 0.2) is 55.1 Å². The number of aromatic carboxylic acids is 1. The first kappa shape index (κ1) is 16.2. The molecule has 0 unspecified atom stereocenters. The van der Waals surface area contributed by atoms with Crippen molar-refractivity contribution in [2.75, 3.05) is 0 Å². The van der Waals surface area contributed by atoms with Gasteiger partial charge in [-0.3, -0.25) is 0 Å². The molecule has 1 N–H and O–H groups in total. The molecule has 0 fully saturated rings. The van der Waals surface area contributed by atoms with Gasteiger partial charge in [-0.15, -0.1) is 0 Å². The number of aromatic nitrogens is 3. The smallest absolute Gasteiger partial charge is 0.336 e. The number of hydrogen-bond donors (Lipinski definition) is 1. The maximum absolute atomic E-state index is 11.6. The molecule has 0 bridgehead atoms. The van der Waals surface area contributed by atoms with Crippen molar-refractivity contribution in [3.8, 4) is 0 Å². The van der Waals surface area contributed by atoms with E-state index in [1.807, 2.05) is 0 Å². The van der Waals surface area contributed by atoms with Crippen molar-refractivity contribution in [1.82, 2.24) is 14.8 Å². The molecule has 2 aromatic carbocycles. The van der Waals surface area contributed by atoms with E-state index in [1.165, 1.54) is 23.4 Å². The lowest BCUT2D eigenvalue weighted by Crippen LogP contribution is -2.04. The van der Waals surface area contributed by atoms with Crippen molar-refractivity contribution in [1.29, 1.82) is 0 Å². The third kappa shape index (κ3) is 3.32. The zero-order valence-electron chi connectivity index (χ0n) is 12.2. The molecule has 24 heavy (non-hydrogen) atoms. The van der Waals surface area contributed by atoms with Crippen LogP contribution in [-0.2, 0) is 0 Å². The third-order valence-corrected chi connectivity index (χ3v) is 3.91. The van der Waals surface area contributed by atoms with Gasteiger partial charge in [-0.05, 0) is 23.8 Å². The quantitative estimate of drug-likeness (QED) is 0.752. The predicted molar refractivity (Wildman–Crippen MR) is 93.2 cm³/mol. The Kier molecular flexibility index (Phi) is 4.64. The van der Waals surface area contributed by atoms with E-state index in [-0.39, 0.29) is 5.56 Å². The molecule has 0 aliphatic heterocycles. The molecule has 3 rings (SSSR count). The van der Waals surface area contributed by atoms with E-state index < -0.39 is 5.97 Å². The molecule has 3 aromatic rings. The van der Waals surface area contributed by atoms with Gasteiger partial charge in [-0.1, -0.05) is 47.5 Å². The third-order valence-electron chi connectivity index (χ3n) is 3.37. The Morgan fingerprint density at radius 2 is 1.83 bits per heavy atom. The summed E-state index contributed by atoms with van der Waals surface area (Å²) in [5.41, 5.74) is 1.92. The zero-order chi connectivity index (χ0) is 17.1. The molecule has 0 aliphatic rings. The van der Waals surface area contributed by atoms with Crippen LogP contribution in [0.4, 0.5) is 0 Å². The Balaban J connectivity index is 2.26. The lowest BCUT2D eigenvalue weighted by atomic mass is 9.94. The van der Waals surface area contributed by atoms with Crippen LogP contribution in [0, 0.1) is 0 Å². The fraction of sp³-hybridized carbons (Fsp3) is 0. The predicted octanol–water partition coefficient (Wildman–Crippen LogP) is 4.33. The van der Waals surface area contributed by atoms with E-state index in [4.69, 9.17) is 23.2 Å². The standard InChI is InChI=1S/C17H11Cl2N3O2/c18-11-5-6-13(16(19)7-11)15(8-22-10-20-9-21-22)12-3-1-2-4-14(12)17(23)24/h1-10H,(H,23,24)/b15-8-. The van der Waals surface area contributed by atoms with Crippen LogP contribution in [0.5, 0.6) is 0 Å². The van der Waals surface area contributed by atoms with Gasteiger partial charge in [0.15, 0.2) is 0 Å². The molecule has 0 amide bonds. The summed E-state index contributed by atoms with van der Waals surface area (Å²) in [5.74, 6) is -1.03. The molecular formula is C17H11Cl2N3O2. The molecule has 0 atom stereocenters. The van der Waals surface area contributed by atoms with Crippen LogP contribution in [0.2, 0.25) is 10.0 Å². The van der Waals surface area contributed by atoms with Crippen LogP contribution >= 0.6 is 23.2 Å². The maximum Gasteiger partial charge on any atom is 0.336 e. The molecule has 7 heteroatoms. The van der Waals surface area contributed by atoms with Gasteiger partial charge >= 0.3 is 5.97 Å². The minimum atomic E-state index is -1.03. The fourth-order valence-electron chi connectivity index (χ4n) is 2.31. The van der Waals surface area contributed by atoms with Gasteiger partial charge in [0.25, 0.3) is 0 Å². The summed E-state index contributed by atoms with van der Waals surface area (Å²) in [6, 6.07) is 11.7. The summed E-state index contributed by atoms with van der Waals surface area (Å²) in [5, 5.41) is 14.4. The van der Waals surface area contributed by atoms with Gasteiger partial charge in [0, 0.05) is 27.4 Å². The zero-order valence-corrected chi connectivity index (χ0v) is 13.7. The molecule has 5 nitrogen and oxygen atoms in total. The molecule has 0 spiro atoms. The summed E-state index contributed by atoms with van der Waals surface area (Å²) in [4.78, 5) is 15.5. The largest absolute Gasteiger partial charge is 0.478 e. The minimum absolute atomic E-state index is 0.162. The number of halogens is 2. The van der Waals surface area contributed by atoms with Gasteiger partial charge in [-0.25, -0.2) is 14.5 Å². The Morgan fingerprint density at radius 3 is 2.46 bits per heavy atom. The van der Waals surface area contributed by atoms with Gasteiger partial charge in [0.2, 0.25) is 0 Å². The highest BCUT2D eigenvalue weighted by Crippen LogP contribution is 2.33. The lowest BCUT2D eigenvalue weighted by molar-refractivity contribution is 0.0696. The van der Waals surface area contributed by atoms with Gasteiger partial charge in [0.05, 0.1) is 5.56 Å². The van der Waals surface area contributed by atoms with E-state index in [2.05, 4.69) is 10.1 Å². The first-order valence-electron chi connectivity index (χ1n) is 6.90. The van der Waals surface area contributed by atoms with E-state index in [1.54, 1.807) is 42.6 Å². The molecular weight excluding hydrogens is 349 g/mol. The Hall–Kier alpha value is -2.63. The fourth-order valence-corrected chi connectivity index (χ4v) is 2.82. The molecule has 1 aromatic heterocycles. The van der Waals surface area contributed by atoms with Crippen molar-refractivity contribution >= 4 is 40.9 Å². The van der Waals surface area contributed by atoms with E-state index >= 15 is 0 Å². The number of rotatable bonds is 4. The van der Waals surface area contributed by atoms with Crippen molar-refractivity contribution in [2.45, 2.75) is 0 Å². The van der Waals surface area contributed by atoms with E-state index in [0.717, 1.165) is 0 Å². The second kappa shape index (κ2) is 6.86. The summed E-state index contributed by atoms with van der Waals surface area (Å²) < 4.78 is 1.49. The van der Waals surface area contributed by atoms with Crippen LogP contribution in [0.1, 0.15) is 21.5 Å².